The molecular formula is C16H16N4. The molecule has 0 aliphatic heterocycles. The van der Waals surface area contributed by atoms with Gasteiger partial charge in [0.2, 0.25) is 0 Å². The van der Waals surface area contributed by atoms with Crippen LogP contribution < -0.4 is 0 Å². The van der Waals surface area contributed by atoms with Gasteiger partial charge in [0.1, 0.15) is 0 Å². The molecule has 3 aromatic rings. The van der Waals surface area contributed by atoms with E-state index in [1.54, 1.807) is 0 Å². The van der Waals surface area contributed by atoms with Crippen molar-refractivity contribution >= 4 is 16.6 Å². The third-order valence-electron chi connectivity index (χ3n) is 3.47. The third kappa shape index (κ3) is 1.88. The lowest BCUT2D eigenvalue weighted by Crippen LogP contribution is -2.01. The van der Waals surface area contributed by atoms with E-state index >= 15 is 0 Å². The Hall–Kier alpha value is -2.54. The molecule has 0 spiro atoms. The molecule has 0 fully saturated rings. The summed E-state index contributed by atoms with van der Waals surface area (Å²) in [5, 5.41) is 5.35. The lowest BCUT2D eigenvalue weighted by atomic mass is 10.2. The van der Waals surface area contributed by atoms with Crippen LogP contribution in [0, 0.1) is 6.57 Å². The first kappa shape index (κ1) is 12.5. The summed E-state index contributed by atoms with van der Waals surface area (Å²) in [6.07, 6.45) is 3.89. The second-order valence-electron chi connectivity index (χ2n) is 5.25. The van der Waals surface area contributed by atoms with Crippen LogP contribution in [0.5, 0.6) is 0 Å². The van der Waals surface area contributed by atoms with E-state index in [0.717, 1.165) is 22.2 Å². The Balaban J connectivity index is 2.31. The smallest absolute Gasteiger partial charge is 0.187 e. The van der Waals surface area contributed by atoms with Crippen LogP contribution in [-0.4, -0.2) is 14.3 Å². The van der Waals surface area contributed by atoms with Gasteiger partial charge in [-0.2, -0.15) is 5.10 Å². The van der Waals surface area contributed by atoms with Gasteiger partial charge in [-0.15, -0.1) is 0 Å². The fourth-order valence-electron chi connectivity index (χ4n) is 2.63. The van der Waals surface area contributed by atoms with Gasteiger partial charge in [-0.1, -0.05) is 6.07 Å². The van der Waals surface area contributed by atoms with Crippen LogP contribution in [-0.2, 0) is 7.05 Å². The second kappa shape index (κ2) is 4.53. The minimum atomic E-state index is 0.349. The number of rotatable bonds is 2. The Morgan fingerprint density at radius 2 is 2.05 bits per heavy atom. The molecule has 2 heterocycles. The van der Waals surface area contributed by atoms with Crippen LogP contribution in [0.3, 0.4) is 0 Å². The maximum Gasteiger partial charge on any atom is 0.187 e. The molecule has 0 aliphatic carbocycles. The van der Waals surface area contributed by atoms with Crippen molar-refractivity contribution in [2.24, 2.45) is 7.05 Å². The van der Waals surface area contributed by atoms with E-state index in [1.807, 2.05) is 42.3 Å². The Morgan fingerprint density at radius 1 is 1.25 bits per heavy atom. The lowest BCUT2D eigenvalue weighted by molar-refractivity contribution is 0.629. The molecule has 0 amide bonds. The highest BCUT2D eigenvalue weighted by atomic mass is 15.2. The van der Waals surface area contributed by atoms with Crippen molar-refractivity contribution < 1.29 is 0 Å². The Bertz CT molecular complexity index is 815. The van der Waals surface area contributed by atoms with Crippen LogP contribution in [0.1, 0.15) is 19.9 Å². The van der Waals surface area contributed by atoms with Crippen molar-refractivity contribution in [2.75, 3.05) is 0 Å². The quantitative estimate of drug-likeness (QED) is 0.638. The molecule has 0 atom stereocenters. The van der Waals surface area contributed by atoms with E-state index < -0.39 is 0 Å². The van der Waals surface area contributed by atoms with Gasteiger partial charge < -0.3 is 4.57 Å². The Morgan fingerprint density at radius 3 is 2.65 bits per heavy atom. The van der Waals surface area contributed by atoms with Crippen molar-refractivity contribution in [3.8, 4) is 11.3 Å². The number of hydrogen-bond donors (Lipinski definition) is 0. The summed E-state index contributed by atoms with van der Waals surface area (Å²) in [6.45, 7) is 11.5. The van der Waals surface area contributed by atoms with E-state index in [4.69, 9.17) is 6.57 Å². The monoisotopic (exact) mass is 264 g/mol. The molecule has 0 aliphatic rings. The Labute approximate surface area is 118 Å². The normalized spacial score (nSPS) is 11.2. The van der Waals surface area contributed by atoms with E-state index in [0.29, 0.717) is 11.7 Å². The number of aromatic nitrogens is 3. The maximum absolute atomic E-state index is 7.14. The Kier molecular flexibility index (Phi) is 2.83. The van der Waals surface area contributed by atoms with Gasteiger partial charge in [0.05, 0.1) is 18.5 Å². The fourth-order valence-corrected chi connectivity index (χ4v) is 2.63. The highest BCUT2D eigenvalue weighted by molar-refractivity contribution is 5.89. The summed E-state index contributed by atoms with van der Waals surface area (Å²) >= 11 is 0. The van der Waals surface area contributed by atoms with E-state index in [9.17, 15) is 0 Å². The summed E-state index contributed by atoms with van der Waals surface area (Å²) in [6, 6.07) is 8.34. The van der Waals surface area contributed by atoms with Gasteiger partial charge in [0, 0.05) is 30.4 Å². The summed E-state index contributed by atoms with van der Waals surface area (Å²) in [5.41, 5.74) is 4.08. The standard InChI is InChI=1S/C16H16N4/c1-11(2)20-15-6-5-14(17-3)7-12(15)8-16(20)13-9-18-19(4)10-13/h5-11H,1-2,4H3. The average molecular weight is 264 g/mol. The third-order valence-corrected chi connectivity index (χ3v) is 3.47. The van der Waals surface area contributed by atoms with Crippen molar-refractivity contribution in [3.05, 3.63) is 48.1 Å². The highest BCUT2D eigenvalue weighted by Gasteiger charge is 2.14. The van der Waals surface area contributed by atoms with E-state index in [-0.39, 0.29) is 0 Å². The number of hydrogen-bond acceptors (Lipinski definition) is 1. The van der Waals surface area contributed by atoms with Crippen LogP contribution in [0.4, 0.5) is 5.69 Å². The van der Waals surface area contributed by atoms with E-state index in [2.05, 4.69) is 34.4 Å². The minimum absolute atomic E-state index is 0.349. The van der Waals surface area contributed by atoms with Crippen molar-refractivity contribution in [2.45, 2.75) is 19.9 Å². The zero-order valence-electron chi connectivity index (χ0n) is 11.8. The SMILES string of the molecule is [C-]#[N+]c1ccc2c(c1)cc(-c1cnn(C)c1)n2C(C)C. The number of fused-ring (bicyclic) bond motifs is 1. The van der Waals surface area contributed by atoms with Crippen LogP contribution >= 0.6 is 0 Å². The molecule has 3 rings (SSSR count). The first-order chi connectivity index (χ1) is 9.60. The second-order valence-corrected chi connectivity index (χ2v) is 5.25. The van der Waals surface area contributed by atoms with Crippen LogP contribution in [0.2, 0.25) is 0 Å². The lowest BCUT2D eigenvalue weighted by Gasteiger charge is -2.13. The average Bonchev–Trinajstić information content (AvgIpc) is 3.00. The van der Waals surface area contributed by atoms with E-state index in [1.165, 1.54) is 0 Å². The predicted octanol–water partition coefficient (Wildman–Crippen LogP) is 4.17. The molecule has 0 N–H and O–H groups in total. The zero-order chi connectivity index (χ0) is 14.3. The molecule has 4 nitrogen and oxygen atoms in total. The molecule has 1 aromatic carbocycles. The van der Waals surface area contributed by atoms with Gasteiger partial charge >= 0.3 is 0 Å². The molecule has 100 valence electrons. The molecule has 2 aromatic heterocycles. The molecule has 0 bridgehead atoms. The van der Waals surface area contributed by atoms with Crippen LogP contribution in [0.15, 0.2) is 36.7 Å². The van der Waals surface area contributed by atoms with Crippen molar-refractivity contribution in [3.63, 3.8) is 0 Å². The van der Waals surface area contributed by atoms with Gasteiger partial charge in [-0.05, 0) is 37.4 Å². The first-order valence-corrected chi connectivity index (χ1v) is 6.61. The van der Waals surface area contributed by atoms with Gasteiger partial charge in [0.15, 0.2) is 5.69 Å². The van der Waals surface area contributed by atoms with Gasteiger partial charge in [-0.3, -0.25) is 4.68 Å². The molecule has 0 saturated carbocycles. The molecule has 0 saturated heterocycles. The minimum Gasteiger partial charge on any atom is -0.338 e. The maximum atomic E-state index is 7.14. The molecular weight excluding hydrogens is 248 g/mol. The number of aryl methyl sites for hydroxylation is 1. The summed E-state index contributed by atoms with van der Waals surface area (Å²) in [4.78, 5) is 3.51. The summed E-state index contributed by atoms with van der Waals surface area (Å²) < 4.78 is 4.10. The summed E-state index contributed by atoms with van der Waals surface area (Å²) in [7, 11) is 1.92. The van der Waals surface area contributed by atoms with Gasteiger partial charge in [0.25, 0.3) is 0 Å². The highest BCUT2D eigenvalue weighted by Crippen LogP contribution is 2.33. The molecule has 4 heteroatoms. The largest absolute Gasteiger partial charge is 0.338 e. The van der Waals surface area contributed by atoms with Crippen molar-refractivity contribution in [1.82, 2.24) is 14.3 Å². The van der Waals surface area contributed by atoms with Crippen LogP contribution in [0.25, 0.3) is 27.0 Å². The van der Waals surface area contributed by atoms with Gasteiger partial charge in [-0.25, -0.2) is 4.85 Å². The number of nitrogens with zero attached hydrogens (tertiary/aromatic N) is 4. The molecule has 20 heavy (non-hydrogen) atoms. The predicted molar refractivity (Wildman–Crippen MR) is 80.8 cm³/mol. The van der Waals surface area contributed by atoms with Crippen molar-refractivity contribution in [1.29, 1.82) is 0 Å². The number of benzene rings is 1. The topological polar surface area (TPSA) is 27.1 Å². The summed E-state index contributed by atoms with van der Waals surface area (Å²) in [5.74, 6) is 0. The molecule has 0 unspecified atom stereocenters. The first-order valence-electron chi connectivity index (χ1n) is 6.61. The fraction of sp³-hybridized carbons (Fsp3) is 0.250. The molecule has 0 radical (unpaired) electrons. The zero-order valence-corrected chi connectivity index (χ0v) is 11.8.